The predicted molar refractivity (Wildman–Crippen MR) is 77.8 cm³/mol. The topological polar surface area (TPSA) is 50.9 Å². The summed E-state index contributed by atoms with van der Waals surface area (Å²) in [5, 5.41) is 15.1. The molecule has 0 aromatic carbocycles. The Labute approximate surface area is 121 Å². The van der Waals surface area contributed by atoms with Gasteiger partial charge < -0.3 is 5.11 Å². The zero-order chi connectivity index (χ0) is 14.0. The molecule has 5 heteroatoms. The average Bonchev–Trinajstić information content (AvgIpc) is 2.67. The molecule has 2 aromatic heterocycles. The number of rotatable bonds is 4. The van der Waals surface area contributed by atoms with Gasteiger partial charge in [-0.25, -0.2) is 0 Å². The van der Waals surface area contributed by atoms with Crippen LogP contribution >= 0.6 is 15.9 Å². The number of aliphatic hydroxyl groups is 1. The first-order valence-corrected chi connectivity index (χ1v) is 7.08. The summed E-state index contributed by atoms with van der Waals surface area (Å²) in [7, 11) is 1.90. The van der Waals surface area contributed by atoms with Crippen LogP contribution in [0.2, 0.25) is 0 Å². The molecule has 1 N–H and O–H groups in total. The van der Waals surface area contributed by atoms with Crippen LogP contribution in [0.15, 0.2) is 29.0 Å². The molecular formula is C14H18BrN3O. The molecule has 0 saturated heterocycles. The van der Waals surface area contributed by atoms with Crippen LogP contribution in [0.25, 0.3) is 0 Å². The molecule has 0 amide bonds. The van der Waals surface area contributed by atoms with Crippen molar-refractivity contribution in [2.75, 3.05) is 0 Å². The highest BCUT2D eigenvalue weighted by Gasteiger charge is 2.27. The van der Waals surface area contributed by atoms with Crippen molar-refractivity contribution < 1.29 is 5.11 Å². The van der Waals surface area contributed by atoms with E-state index in [9.17, 15) is 5.11 Å². The third kappa shape index (κ3) is 2.87. The predicted octanol–water partition coefficient (Wildman–Crippen LogP) is 2.59. The smallest absolute Gasteiger partial charge is 0.0938 e. The minimum absolute atomic E-state index is 0.489. The largest absolute Gasteiger partial charge is 0.385 e. The molecule has 0 radical (unpaired) electrons. The molecule has 0 aliphatic carbocycles. The monoisotopic (exact) mass is 323 g/mol. The Balaban J connectivity index is 2.33. The third-order valence-corrected chi connectivity index (χ3v) is 4.21. The third-order valence-electron chi connectivity index (χ3n) is 3.30. The molecule has 2 heterocycles. The molecule has 1 unspecified atom stereocenters. The van der Waals surface area contributed by atoms with E-state index >= 15 is 0 Å². The van der Waals surface area contributed by atoms with Gasteiger partial charge in [0.15, 0.2) is 0 Å². The van der Waals surface area contributed by atoms with Crippen LogP contribution in [-0.4, -0.2) is 19.9 Å². The van der Waals surface area contributed by atoms with Gasteiger partial charge in [-0.2, -0.15) is 5.10 Å². The molecule has 19 heavy (non-hydrogen) atoms. The van der Waals surface area contributed by atoms with Crippen LogP contribution in [0.4, 0.5) is 0 Å². The Morgan fingerprint density at radius 1 is 1.47 bits per heavy atom. The van der Waals surface area contributed by atoms with Crippen LogP contribution in [0.5, 0.6) is 0 Å². The second kappa shape index (κ2) is 5.43. The first-order chi connectivity index (χ1) is 8.95. The lowest BCUT2D eigenvalue weighted by Gasteiger charge is -2.23. The van der Waals surface area contributed by atoms with Gasteiger partial charge in [0.1, 0.15) is 0 Å². The van der Waals surface area contributed by atoms with Crippen molar-refractivity contribution in [2.24, 2.45) is 7.05 Å². The molecular weight excluding hydrogens is 306 g/mol. The van der Waals surface area contributed by atoms with Crippen molar-refractivity contribution in [2.45, 2.75) is 32.3 Å². The lowest BCUT2D eigenvalue weighted by atomic mass is 9.92. The van der Waals surface area contributed by atoms with Gasteiger partial charge in [-0.1, -0.05) is 13.0 Å². The Hall–Kier alpha value is -1.20. The van der Waals surface area contributed by atoms with Crippen molar-refractivity contribution in [3.63, 3.8) is 0 Å². The summed E-state index contributed by atoms with van der Waals surface area (Å²) in [5.41, 5.74) is 1.85. The summed E-state index contributed by atoms with van der Waals surface area (Å²) in [6.07, 6.45) is 4.76. The van der Waals surface area contributed by atoms with Crippen molar-refractivity contribution in [3.8, 4) is 0 Å². The summed E-state index contributed by atoms with van der Waals surface area (Å²) in [5.74, 6) is 0. The molecule has 0 spiro atoms. The Morgan fingerprint density at radius 3 is 2.74 bits per heavy atom. The molecule has 0 saturated carbocycles. The fraction of sp³-hybridized carbons (Fsp3) is 0.429. The quantitative estimate of drug-likeness (QED) is 0.940. The summed E-state index contributed by atoms with van der Waals surface area (Å²) < 4.78 is 2.81. The van der Waals surface area contributed by atoms with Crippen LogP contribution < -0.4 is 0 Å². The van der Waals surface area contributed by atoms with Gasteiger partial charge in [0.25, 0.3) is 0 Å². The number of hydrogen-bond donors (Lipinski definition) is 1. The van der Waals surface area contributed by atoms with Gasteiger partial charge in [0, 0.05) is 31.4 Å². The van der Waals surface area contributed by atoms with E-state index in [0.29, 0.717) is 6.42 Å². The highest BCUT2D eigenvalue weighted by molar-refractivity contribution is 9.10. The van der Waals surface area contributed by atoms with E-state index in [2.05, 4.69) is 32.9 Å². The van der Waals surface area contributed by atoms with E-state index in [1.807, 2.05) is 23.9 Å². The minimum Gasteiger partial charge on any atom is -0.385 e. The van der Waals surface area contributed by atoms with E-state index in [1.54, 1.807) is 19.3 Å². The first kappa shape index (κ1) is 14.2. The van der Waals surface area contributed by atoms with Crippen LogP contribution in [0.3, 0.4) is 0 Å². The molecule has 0 aliphatic heterocycles. The van der Waals surface area contributed by atoms with E-state index in [-0.39, 0.29) is 0 Å². The summed E-state index contributed by atoms with van der Waals surface area (Å²) in [4.78, 5) is 4.06. The van der Waals surface area contributed by atoms with Gasteiger partial charge in [0.2, 0.25) is 0 Å². The molecule has 4 nitrogen and oxygen atoms in total. The lowest BCUT2D eigenvalue weighted by molar-refractivity contribution is 0.0551. The Kier molecular flexibility index (Phi) is 4.06. The van der Waals surface area contributed by atoms with Gasteiger partial charge in [-0.05, 0) is 35.3 Å². The number of nitrogens with zero attached hydrogens (tertiary/aromatic N) is 3. The minimum atomic E-state index is -0.963. The standard InChI is InChI=1S/C14H18BrN3O/c1-4-11-13(15)12(18(3)17-11)8-14(2,19)10-6-5-7-16-9-10/h5-7,9,19H,4,8H2,1-3H3. The van der Waals surface area contributed by atoms with Gasteiger partial charge >= 0.3 is 0 Å². The van der Waals surface area contributed by atoms with Crippen LogP contribution in [0.1, 0.15) is 30.8 Å². The second-order valence-corrected chi connectivity index (χ2v) is 5.67. The highest BCUT2D eigenvalue weighted by atomic mass is 79.9. The van der Waals surface area contributed by atoms with Crippen molar-refractivity contribution in [3.05, 3.63) is 46.0 Å². The van der Waals surface area contributed by atoms with Crippen molar-refractivity contribution >= 4 is 15.9 Å². The van der Waals surface area contributed by atoms with Crippen LogP contribution in [0, 0.1) is 0 Å². The number of hydrogen-bond acceptors (Lipinski definition) is 3. The van der Waals surface area contributed by atoms with Crippen LogP contribution in [-0.2, 0) is 25.5 Å². The van der Waals surface area contributed by atoms with Crippen molar-refractivity contribution in [1.29, 1.82) is 0 Å². The lowest BCUT2D eigenvalue weighted by Crippen LogP contribution is -2.25. The zero-order valence-corrected chi connectivity index (χ0v) is 13.0. The normalized spacial score (nSPS) is 14.4. The fourth-order valence-corrected chi connectivity index (χ4v) is 2.88. The number of aryl methyl sites for hydroxylation is 2. The molecule has 0 fully saturated rings. The molecule has 102 valence electrons. The summed E-state index contributed by atoms with van der Waals surface area (Å²) >= 11 is 3.58. The SMILES string of the molecule is CCc1nn(C)c(CC(C)(O)c2cccnc2)c1Br. The maximum atomic E-state index is 10.7. The Bertz CT molecular complexity index is 564. The molecule has 1 atom stereocenters. The fourth-order valence-electron chi connectivity index (χ4n) is 2.12. The van der Waals surface area contributed by atoms with Crippen molar-refractivity contribution in [1.82, 2.24) is 14.8 Å². The first-order valence-electron chi connectivity index (χ1n) is 6.29. The van der Waals surface area contributed by atoms with E-state index < -0.39 is 5.60 Å². The number of pyridine rings is 1. The van der Waals surface area contributed by atoms with E-state index in [1.165, 1.54) is 0 Å². The molecule has 0 bridgehead atoms. The Morgan fingerprint density at radius 2 is 2.21 bits per heavy atom. The van der Waals surface area contributed by atoms with Gasteiger partial charge in [0.05, 0.1) is 21.5 Å². The highest BCUT2D eigenvalue weighted by Crippen LogP contribution is 2.30. The second-order valence-electron chi connectivity index (χ2n) is 4.88. The maximum Gasteiger partial charge on any atom is 0.0938 e. The number of aromatic nitrogens is 3. The summed E-state index contributed by atoms with van der Waals surface area (Å²) in [6, 6.07) is 3.72. The zero-order valence-electron chi connectivity index (χ0n) is 11.4. The van der Waals surface area contributed by atoms with E-state index in [4.69, 9.17) is 0 Å². The maximum absolute atomic E-state index is 10.7. The van der Waals surface area contributed by atoms with Gasteiger partial charge in [-0.15, -0.1) is 0 Å². The summed E-state index contributed by atoms with van der Waals surface area (Å²) in [6.45, 7) is 3.87. The molecule has 2 aromatic rings. The van der Waals surface area contributed by atoms with Gasteiger partial charge in [-0.3, -0.25) is 9.67 Å². The number of halogens is 1. The molecule has 0 aliphatic rings. The average molecular weight is 324 g/mol. The van der Waals surface area contributed by atoms with E-state index in [0.717, 1.165) is 27.8 Å². The molecule has 2 rings (SSSR count).